The number of carbonyl (C=O) groups excluding carboxylic acids is 1. The Bertz CT molecular complexity index is 1260. The molecule has 0 saturated heterocycles. The molecule has 5 N–H and O–H groups in total. The van der Waals surface area contributed by atoms with Gasteiger partial charge in [-0.1, -0.05) is 12.1 Å². The molecule has 0 atom stereocenters. The number of amides is 1. The highest BCUT2D eigenvalue weighted by atomic mass is 32.2. The SMILES string of the molecule is CS(=O)(=O)Nc1ccc(Nc2cc(NCc3cccc([N+](=O)[O-])c3)c(C(N)=O)cn2)cc1. The second kappa shape index (κ2) is 9.31. The fraction of sp³-hybridized carbons (Fsp3) is 0.100. The third-order valence-electron chi connectivity index (χ3n) is 4.23. The summed E-state index contributed by atoms with van der Waals surface area (Å²) < 4.78 is 25.0. The van der Waals surface area contributed by atoms with E-state index in [2.05, 4.69) is 20.3 Å². The van der Waals surface area contributed by atoms with Gasteiger partial charge in [-0.25, -0.2) is 13.4 Å². The highest BCUT2D eigenvalue weighted by molar-refractivity contribution is 7.92. The second-order valence-electron chi connectivity index (χ2n) is 6.84. The van der Waals surface area contributed by atoms with Crippen molar-refractivity contribution in [2.75, 3.05) is 21.6 Å². The Hall–Kier alpha value is -4.19. The molecule has 1 aromatic heterocycles. The van der Waals surface area contributed by atoms with E-state index in [1.807, 2.05) is 0 Å². The number of benzene rings is 2. The molecule has 0 bridgehead atoms. The largest absolute Gasteiger partial charge is 0.380 e. The van der Waals surface area contributed by atoms with Gasteiger partial charge in [-0.15, -0.1) is 0 Å². The van der Waals surface area contributed by atoms with Crippen LogP contribution in [-0.4, -0.2) is 30.5 Å². The van der Waals surface area contributed by atoms with E-state index in [-0.39, 0.29) is 17.8 Å². The Morgan fingerprint density at radius 3 is 2.44 bits per heavy atom. The van der Waals surface area contributed by atoms with E-state index in [0.29, 0.717) is 28.4 Å². The average Bonchev–Trinajstić information content (AvgIpc) is 2.73. The topological polar surface area (TPSA) is 169 Å². The van der Waals surface area contributed by atoms with Gasteiger partial charge in [0.1, 0.15) is 5.82 Å². The minimum absolute atomic E-state index is 0.0367. The number of hydrogen-bond acceptors (Lipinski definition) is 8. The number of nitro benzene ring substituents is 1. The van der Waals surface area contributed by atoms with Gasteiger partial charge in [0.15, 0.2) is 0 Å². The quantitative estimate of drug-likeness (QED) is 0.281. The van der Waals surface area contributed by atoms with Crippen molar-refractivity contribution in [1.82, 2.24) is 4.98 Å². The standard InChI is InChI=1S/C20H20N6O5S/c1-32(30,31)25-15-7-5-14(6-8-15)24-19-10-18(17(12-23-19)20(21)27)22-11-13-3-2-4-16(9-13)26(28)29/h2-10,12,25H,11H2,1H3,(H2,21,27)(H2,22,23,24). The molecule has 1 amide bonds. The number of nitro groups is 1. The van der Waals surface area contributed by atoms with E-state index in [9.17, 15) is 23.3 Å². The number of hydrogen-bond donors (Lipinski definition) is 4. The lowest BCUT2D eigenvalue weighted by atomic mass is 10.1. The van der Waals surface area contributed by atoms with E-state index < -0.39 is 20.9 Å². The molecule has 0 fully saturated rings. The van der Waals surface area contributed by atoms with Crippen molar-refractivity contribution in [3.63, 3.8) is 0 Å². The van der Waals surface area contributed by atoms with Crippen molar-refractivity contribution < 1.29 is 18.1 Å². The Labute approximate surface area is 183 Å². The number of primary amides is 1. The van der Waals surface area contributed by atoms with Gasteiger partial charge in [0, 0.05) is 42.3 Å². The number of nitrogens with one attached hydrogen (secondary N) is 3. The molecule has 32 heavy (non-hydrogen) atoms. The second-order valence-corrected chi connectivity index (χ2v) is 8.58. The van der Waals surface area contributed by atoms with Crippen LogP contribution in [0.2, 0.25) is 0 Å². The van der Waals surface area contributed by atoms with Crippen LogP contribution in [0, 0.1) is 10.1 Å². The predicted octanol–water partition coefficient (Wildman–Crippen LogP) is 2.82. The number of non-ortho nitro benzene ring substituents is 1. The molecular weight excluding hydrogens is 436 g/mol. The van der Waals surface area contributed by atoms with E-state index in [1.165, 1.54) is 18.3 Å². The van der Waals surface area contributed by atoms with Crippen molar-refractivity contribution >= 4 is 44.5 Å². The third kappa shape index (κ3) is 6.15. The molecule has 1 heterocycles. The zero-order valence-corrected chi connectivity index (χ0v) is 17.7. The number of nitrogens with zero attached hydrogens (tertiary/aromatic N) is 2. The lowest BCUT2D eigenvalue weighted by molar-refractivity contribution is -0.384. The van der Waals surface area contributed by atoms with Gasteiger partial charge in [0.05, 0.1) is 22.4 Å². The van der Waals surface area contributed by atoms with Gasteiger partial charge < -0.3 is 16.4 Å². The van der Waals surface area contributed by atoms with Crippen LogP contribution in [0.5, 0.6) is 0 Å². The van der Waals surface area contributed by atoms with Crippen LogP contribution >= 0.6 is 0 Å². The number of rotatable bonds is 9. The maximum Gasteiger partial charge on any atom is 0.269 e. The normalized spacial score (nSPS) is 10.9. The molecule has 12 heteroatoms. The van der Waals surface area contributed by atoms with Gasteiger partial charge in [-0.3, -0.25) is 19.6 Å². The van der Waals surface area contributed by atoms with Crippen LogP contribution < -0.4 is 21.1 Å². The molecule has 0 saturated carbocycles. The zero-order valence-electron chi connectivity index (χ0n) is 16.9. The Kier molecular flexibility index (Phi) is 6.54. The van der Waals surface area contributed by atoms with Crippen molar-refractivity contribution in [2.24, 2.45) is 5.73 Å². The lowest BCUT2D eigenvalue weighted by Gasteiger charge is -2.13. The number of sulfonamides is 1. The maximum absolute atomic E-state index is 11.8. The fourth-order valence-corrected chi connectivity index (χ4v) is 3.39. The number of carbonyl (C=O) groups is 1. The van der Waals surface area contributed by atoms with Gasteiger partial charge in [0.2, 0.25) is 10.0 Å². The number of pyridine rings is 1. The van der Waals surface area contributed by atoms with Gasteiger partial charge >= 0.3 is 0 Å². The van der Waals surface area contributed by atoms with E-state index in [4.69, 9.17) is 5.73 Å². The van der Waals surface area contributed by atoms with Crippen LogP contribution in [0.3, 0.4) is 0 Å². The first kappa shape index (κ1) is 22.5. The summed E-state index contributed by atoms with van der Waals surface area (Å²) in [6.07, 6.45) is 2.38. The molecule has 11 nitrogen and oxygen atoms in total. The summed E-state index contributed by atoms with van der Waals surface area (Å²) in [5.41, 5.74) is 7.65. The van der Waals surface area contributed by atoms with Crippen LogP contribution in [-0.2, 0) is 16.6 Å². The van der Waals surface area contributed by atoms with Crippen LogP contribution in [0.15, 0.2) is 60.8 Å². The summed E-state index contributed by atoms with van der Waals surface area (Å²) in [7, 11) is -3.38. The number of aromatic nitrogens is 1. The van der Waals surface area contributed by atoms with Crippen LogP contribution in [0.25, 0.3) is 0 Å². The summed E-state index contributed by atoms with van der Waals surface area (Å²) in [6.45, 7) is 0.220. The minimum atomic E-state index is -3.38. The van der Waals surface area contributed by atoms with Gasteiger partial charge in [-0.2, -0.15) is 0 Å². The zero-order chi connectivity index (χ0) is 23.3. The molecule has 0 spiro atoms. The summed E-state index contributed by atoms with van der Waals surface area (Å²) in [6, 6.07) is 14.2. The molecule has 3 rings (SSSR count). The molecule has 2 aromatic carbocycles. The fourth-order valence-electron chi connectivity index (χ4n) is 2.83. The highest BCUT2D eigenvalue weighted by Crippen LogP contribution is 2.24. The molecule has 3 aromatic rings. The first-order chi connectivity index (χ1) is 15.1. The minimum Gasteiger partial charge on any atom is -0.380 e. The molecule has 0 aliphatic carbocycles. The van der Waals surface area contributed by atoms with Crippen molar-refractivity contribution in [3.8, 4) is 0 Å². The molecule has 0 radical (unpaired) electrons. The molecule has 0 unspecified atom stereocenters. The number of anilines is 4. The first-order valence-electron chi connectivity index (χ1n) is 9.22. The van der Waals surface area contributed by atoms with Crippen molar-refractivity contribution in [3.05, 3.63) is 82.0 Å². The van der Waals surface area contributed by atoms with E-state index >= 15 is 0 Å². The van der Waals surface area contributed by atoms with Crippen LogP contribution in [0.4, 0.5) is 28.6 Å². The summed E-state index contributed by atoms with van der Waals surface area (Å²) in [4.78, 5) is 26.4. The van der Waals surface area contributed by atoms with E-state index in [0.717, 1.165) is 6.26 Å². The third-order valence-corrected chi connectivity index (χ3v) is 4.84. The molecular formula is C20H20N6O5S. The molecule has 0 aliphatic heterocycles. The van der Waals surface area contributed by atoms with Crippen LogP contribution in [0.1, 0.15) is 15.9 Å². The average molecular weight is 456 g/mol. The summed E-state index contributed by atoms with van der Waals surface area (Å²) in [5, 5.41) is 17.1. The monoisotopic (exact) mass is 456 g/mol. The summed E-state index contributed by atoms with van der Waals surface area (Å²) in [5.74, 6) is -0.276. The van der Waals surface area contributed by atoms with Gasteiger partial charge in [0.25, 0.3) is 11.6 Å². The molecule has 166 valence electrons. The smallest absolute Gasteiger partial charge is 0.269 e. The summed E-state index contributed by atoms with van der Waals surface area (Å²) >= 11 is 0. The molecule has 0 aliphatic rings. The Morgan fingerprint density at radius 2 is 1.81 bits per heavy atom. The van der Waals surface area contributed by atoms with E-state index in [1.54, 1.807) is 42.5 Å². The first-order valence-corrected chi connectivity index (χ1v) is 11.1. The maximum atomic E-state index is 11.8. The van der Waals surface area contributed by atoms with Crippen molar-refractivity contribution in [2.45, 2.75) is 6.54 Å². The number of nitrogens with two attached hydrogens (primary N) is 1. The Balaban J connectivity index is 1.78. The van der Waals surface area contributed by atoms with Gasteiger partial charge in [-0.05, 0) is 29.8 Å². The Morgan fingerprint density at radius 1 is 1.12 bits per heavy atom. The van der Waals surface area contributed by atoms with Crippen molar-refractivity contribution in [1.29, 1.82) is 0 Å². The highest BCUT2D eigenvalue weighted by Gasteiger charge is 2.12. The predicted molar refractivity (Wildman–Crippen MR) is 121 cm³/mol. The lowest BCUT2D eigenvalue weighted by Crippen LogP contribution is -2.15.